The van der Waals surface area contributed by atoms with Gasteiger partial charge in [-0.15, -0.1) is 0 Å². The molecule has 0 amide bonds. The van der Waals surface area contributed by atoms with Gasteiger partial charge in [0.05, 0.1) is 26.9 Å². The van der Waals surface area contributed by atoms with Crippen LogP contribution in [0.2, 0.25) is 0 Å². The van der Waals surface area contributed by atoms with Crippen LogP contribution in [0.15, 0.2) is 0 Å². The number of nitrogens with two attached hydrogens (primary N) is 1. The highest BCUT2D eigenvalue weighted by atomic mass is 32.3. The lowest BCUT2D eigenvalue weighted by atomic mass is 9.94. The molecule has 0 saturated carbocycles. The fourth-order valence-corrected chi connectivity index (χ4v) is 6.45. The van der Waals surface area contributed by atoms with Gasteiger partial charge < -0.3 is 20.3 Å². The number of esters is 2. The summed E-state index contributed by atoms with van der Waals surface area (Å²) in [4.78, 5) is 24.3. The van der Waals surface area contributed by atoms with E-state index in [0.717, 1.165) is 32.8 Å². The molecule has 10 nitrogen and oxygen atoms in total. The zero-order valence-electron chi connectivity index (χ0n) is 35.4. The van der Waals surface area contributed by atoms with Crippen LogP contribution in [0.5, 0.6) is 0 Å². The van der Waals surface area contributed by atoms with Gasteiger partial charge in [-0.05, 0) is 12.8 Å². The second kappa shape index (κ2) is 41.4. The summed E-state index contributed by atoms with van der Waals surface area (Å²) >= 11 is 0. The van der Waals surface area contributed by atoms with Gasteiger partial charge in [-0.2, -0.15) is 8.42 Å². The molecule has 54 heavy (non-hydrogen) atoms. The molecule has 0 spiro atoms. The first kappa shape index (κ1) is 54.8. The minimum Gasteiger partial charge on any atom is -0.466 e. The molecule has 0 aliphatic heterocycles. The van der Waals surface area contributed by atoms with E-state index in [1.165, 1.54) is 167 Å². The van der Waals surface area contributed by atoms with E-state index >= 15 is 0 Å². The molecule has 0 aromatic rings. The lowest BCUT2D eigenvalue weighted by Gasteiger charge is -2.26. The van der Waals surface area contributed by atoms with Crippen molar-refractivity contribution in [2.75, 3.05) is 26.9 Å². The quantitative estimate of drug-likeness (QED) is 0.0309. The number of hydrogen-bond donors (Lipinski definition) is 3. The Labute approximate surface area is 333 Å². The fraction of sp³-hybridized carbons (Fsp3) is 0.953. The molecule has 0 rings (SSSR count). The summed E-state index contributed by atoms with van der Waals surface area (Å²) in [7, 11) is -3.29. The lowest BCUT2D eigenvalue weighted by Crippen LogP contribution is -2.46. The molecule has 0 radical (unpaired) electrons. The second-order valence-electron chi connectivity index (χ2n) is 15.5. The van der Waals surface area contributed by atoms with Gasteiger partial charge in [0.15, 0.2) is 0 Å². The Morgan fingerprint density at radius 1 is 0.500 bits per heavy atom. The van der Waals surface area contributed by atoms with E-state index in [2.05, 4.69) is 18.0 Å². The van der Waals surface area contributed by atoms with Crippen molar-refractivity contribution in [1.82, 2.24) is 0 Å². The van der Waals surface area contributed by atoms with Crippen molar-refractivity contribution in [1.29, 1.82) is 0 Å². The predicted octanol–water partition coefficient (Wildman–Crippen LogP) is 11.5. The van der Waals surface area contributed by atoms with E-state index in [1.807, 2.05) is 0 Å². The zero-order chi connectivity index (χ0) is 40.4. The van der Waals surface area contributed by atoms with E-state index in [-0.39, 0.29) is 31.8 Å². The highest BCUT2D eigenvalue weighted by molar-refractivity contribution is 7.80. The normalized spacial score (nSPS) is 11.7. The Hall–Kier alpha value is -1.27. The molecule has 0 aromatic carbocycles. The van der Waals surface area contributed by atoms with Crippen LogP contribution in [0.3, 0.4) is 0 Å². The van der Waals surface area contributed by atoms with E-state index in [4.69, 9.17) is 19.8 Å². The maximum absolute atomic E-state index is 12.1. The summed E-state index contributed by atoms with van der Waals surface area (Å²) in [5, 5.41) is 9.81. The van der Waals surface area contributed by atoms with Gasteiger partial charge in [0.25, 0.3) is 0 Å². The van der Waals surface area contributed by atoms with Gasteiger partial charge >= 0.3 is 22.3 Å². The summed E-state index contributed by atoms with van der Waals surface area (Å²) in [5.41, 5.74) is 5.40. The summed E-state index contributed by atoms with van der Waals surface area (Å²) < 4.78 is 40.5. The molecule has 0 aliphatic rings. The maximum Gasteiger partial charge on any atom is 0.397 e. The van der Waals surface area contributed by atoms with Gasteiger partial charge in [-0.3, -0.25) is 18.3 Å². The number of rotatable bonds is 40. The number of unbranched alkanes of at least 4 members (excludes halogenated alkanes) is 28. The first-order valence-electron chi connectivity index (χ1n) is 22.3. The second-order valence-corrected chi connectivity index (χ2v) is 16.6. The number of ether oxygens (including phenoxy) is 2. The highest BCUT2D eigenvalue weighted by Crippen LogP contribution is 2.17. The molecule has 0 bridgehead atoms. The molecule has 0 saturated heterocycles. The molecular formula is C43H87NO9S. The van der Waals surface area contributed by atoms with Crippen molar-refractivity contribution in [3.05, 3.63) is 0 Å². The van der Waals surface area contributed by atoms with Gasteiger partial charge in [-0.1, -0.05) is 194 Å². The first-order valence-corrected chi connectivity index (χ1v) is 23.6. The van der Waals surface area contributed by atoms with Crippen molar-refractivity contribution < 1.29 is 41.3 Å². The predicted molar refractivity (Wildman–Crippen MR) is 223 cm³/mol. The van der Waals surface area contributed by atoms with Gasteiger partial charge in [0.2, 0.25) is 0 Å². The third-order valence-corrected chi connectivity index (χ3v) is 10.6. The van der Waals surface area contributed by atoms with Crippen molar-refractivity contribution in [3.8, 4) is 0 Å². The van der Waals surface area contributed by atoms with Crippen LogP contribution >= 0.6 is 0 Å². The van der Waals surface area contributed by atoms with E-state index in [0.29, 0.717) is 25.7 Å². The van der Waals surface area contributed by atoms with Crippen LogP contribution in [0, 0.1) is 0 Å². The molecule has 4 N–H and O–H groups in total. The maximum atomic E-state index is 12.1. The smallest absolute Gasteiger partial charge is 0.397 e. The van der Waals surface area contributed by atoms with E-state index in [9.17, 15) is 23.1 Å². The van der Waals surface area contributed by atoms with Crippen LogP contribution in [-0.4, -0.2) is 62.5 Å². The number of aliphatic hydroxyl groups is 1. The third kappa shape index (κ3) is 45.1. The first-order chi connectivity index (χ1) is 26.0. The van der Waals surface area contributed by atoms with E-state index < -0.39 is 15.9 Å². The molecule has 0 aromatic heterocycles. The third-order valence-electron chi connectivity index (χ3n) is 10.2. The minimum atomic E-state index is -4.16. The largest absolute Gasteiger partial charge is 0.466 e. The SMILES string of the molecule is CCCCCCCCCCCCCCCCCC(=O)OCCC(N)(CO)CCOC(=O)CCCCCCCCCCCCCCCCC.COS(=O)(=O)O. The van der Waals surface area contributed by atoms with E-state index in [1.54, 1.807) is 0 Å². The molecule has 0 fully saturated rings. The number of carbonyl (C=O) groups excluding carboxylic acids is 2. The summed E-state index contributed by atoms with van der Waals surface area (Å²) in [6, 6.07) is 0. The Morgan fingerprint density at radius 2 is 0.722 bits per heavy atom. The van der Waals surface area contributed by atoms with Gasteiger partial charge in [0.1, 0.15) is 0 Å². The van der Waals surface area contributed by atoms with Crippen molar-refractivity contribution in [3.63, 3.8) is 0 Å². The number of carbonyl (C=O) groups is 2. The highest BCUT2D eigenvalue weighted by Gasteiger charge is 2.25. The standard InChI is InChI=1S/C42H83NO5.CH4O4S/c1-3-5-7-9-11-13-15-17-19-21-23-25-27-29-31-33-40(45)47-37-35-42(43,39-44)36-38-48-41(46)34-32-30-28-26-24-22-20-18-16-14-12-10-8-6-4-2;1-5-6(2,3)4/h44H,3-39,43H2,1-2H3;1H3,(H,2,3,4). The Bertz CT molecular complexity index is 865. The summed E-state index contributed by atoms with van der Waals surface area (Å²) in [5.74, 6) is -0.389. The molecule has 0 atom stereocenters. The topological polar surface area (TPSA) is 162 Å². The van der Waals surface area contributed by atoms with Crippen LogP contribution in [-0.2, 0) is 33.6 Å². The zero-order valence-corrected chi connectivity index (χ0v) is 36.2. The van der Waals surface area contributed by atoms with Crippen molar-refractivity contribution >= 4 is 22.3 Å². The Kier molecular flexibility index (Phi) is 42.0. The average molecular weight is 794 g/mol. The van der Waals surface area contributed by atoms with Crippen LogP contribution < -0.4 is 5.73 Å². The minimum absolute atomic E-state index is 0.182. The average Bonchev–Trinajstić information content (AvgIpc) is 3.14. The molecular weight excluding hydrogens is 707 g/mol. The molecule has 11 heteroatoms. The van der Waals surface area contributed by atoms with Gasteiger partial charge in [0, 0.05) is 31.2 Å². The monoisotopic (exact) mass is 794 g/mol. The van der Waals surface area contributed by atoms with Crippen molar-refractivity contribution in [2.24, 2.45) is 5.73 Å². The van der Waals surface area contributed by atoms with Crippen molar-refractivity contribution in [2.45, 2.75) is 238 Å². The molecule has 0 aliphatic carbocycles. The van der Waals surface area contributed by atoms with Crippen LogP contribution in [0.1, 0.15) is 232 Å². The van der Waals surface area contributed by atoms with Gasteiger partial charge in [-0.25, -0.2) is 0 Å². The molecule has 0 unspecified atom stereocenters. The van der Waals surface area contributed by atoms with Crippen LogP contribution in [0.25, 0.3) is 0 Å². The Morgan fingerprint density at radius 3 is 0.926 bits per heavy atom. The molecule has 324 valence electrons. The van der Waals surface area contributed by atoms with Crippen LogP contribution in [0.4, 0.5) is 0 Å². The Balaban J connectivity index is 0. The number of aliphatic hydroxyl groups excluding tert-OH is 1. The number of hydrogen-bond acceptors (Lipinski definition) is 9. The summed E-state index contributed by atoms with van der Waals surface area (Å²) in [6.45, 7) is 4.67. The lowest BCUT2D eigenvalue weighted by molar-refractivity contribution is -0.144. The fourth-order valence-electron chi connectivity index (χ4n) is 6.45. The summed E-state index contributed by atoms with van der Waals surface area (Å²) in [6.07, 6.45) is 40.5. The molecule has 0 heterocycles.